The molecule has 20 nitrogen and oxygen atoms in total. The molecule has 76 heavy (non-hydrogen) atoms. The fourth-order valence-electron chi connectivity index (χ4n) is 12.0. The number of likely N-dealkylation sites (N-methyl/N-ethyl adjacent to an activating group) is 2. The number of benzene rings is 1. The number of methoxy groups -OCH3 is 1. The van der Waals surface area contributed by atoms with Crippen LogP contribution >= 0.6 is 0 Å². The molecule has 0 bridgehead atoms. The summed E-state index contributed by atoms with van der Waals surface area (Å²) in [5, 5.41) is 73.1. The van der Waals surface area contributed by atoms with E-state index in [0.717, 1.165) is 28.1 Å². The van der Waals surface area contributed by atoms with Gasteiger partial charge >= 0.3 is 5.97 Å². The smallest absolute Gasteiger partial charge is 0.311 e. The largest absolute Gasteiger partial charge is 0.459 e. The maximum Gasteiger partial charge on any atom is 0.311 e. The number of carbonyl (C=O) groups is 1. The third-order valence-electron chi connectivity index (χ3n) is 16.8. The third kappa shape index (κ3) is 13.7. The SMILES string of the molecule is CC[C@H]1OC(=O)[C@H](C)[C@@H](O[C@H]2C[C@@](C)(OC)[C@@H](O)[C@H](C)O2)[C@H](C)[C@@H](O[C@@H]2O[C@H](C)C[C@H](N(C)CCc3cn(CC4CC(c5ccc(-c6cccnc6)cc5)=NO4)nn3)[C@H]2O)[C@](C)(O)C[C@@H](C)CN(C)[C@H](C)[C@@H](O)[C@]1(C)O. The molecule has 424 valence electrons. The Morgan fingerprint density at radius 3 is 2.30 bits per heavy atom. The second kappa shape index (κ2) is 25.0. The van der Waals surface area contributed by atoms with Gasteiger partial charge in [0.15, 0.2) is 18.7 Å². The summed E-state index contributed by atoms with van der Waals surface area (Å²) in [6, 6.07) is 11.1. The van der Waals surface area contributed by atoms with Crippen LogP contribution in [-0.2, 0) is 51.0 Å². The number of hydrogen-bond donors (Lipinski definition) is 5. The normalized spacial score (nSPS) is 39.5. The summed E-state index contributed by atoms with van der Waals surface area (Å²) in [5.41, 5.74) is 0.214. The van der Waals surface area contributed by atoms with E-state index in [0.29, 0.717) is 38.9 Å². The van der Waals surface area contributed by atoms with Gasteiger partial charge in [0.1, 0.15) is 30.0 Å². The standard InChI is InChI=1S/C56H87N7O13/c1-14-45-56(10,69)49(65)36(6)62(12)29-32(2)26-54(8,68)51(34(4)48(35(5)52(67)73-45)74-46-27-55(9,70-13)50(66)37(7)72-46)75-53-47(64)44(24-33(3)71-53)61(11)23-21-41-30-63(60-58-41)31-42-25-43(59-76-42)39-19-17-38(18-20-39)40-16-15-22-57-28-40/h15-20,22,28,30,32-37,42,44-51,53,64-66,68-69H,14,21,23-27,29,31H2,1-13H3/t32-,33-,34+,35-,36-,37+,42?,44+,45-,46+,47-,48+,49-,50+,51-,53+,54-,55-,56-/m1/s1. The van der Waals surface area contributed by atoms with Crippen molar-refractivity contribution in [2.24, 2.45) is 22.9 Å². The molecule has 4 aliphatic heterocycles. The Morgan fingerprint density at radius 1 is 0.921 bits per heavy atom. The van der Waals surface area contributed by atoms with Crippen LogP contribution in [-0.4, -0.2) is 198 Å². The summed E-state index contributed by atoms with van der Waals surface area (Å²) in [5.74, 6) is -2.79. The first-order valence-electron chi connectivity index (χ1n) is 27.2. The van der Waals surface area contributed by atoms with E-state index in [1.165, 1.54) is 14.0 Å². The molecule has 1 aromatic carbocycles. The molecule has 1 unspecified atom stereocenters. The quantitative estimate of drug-likeness (QED) is 0.141. The van der Waals surface area contributed by atoms with Crippen molar-refractivity contribution in [3.8, 4) is 11.1 Å². The number of ether oxygens (including phenoxy) is 6. The first-order valence-corrected chi connectivity index (χ1v) is 27.2. The molecule has 3 fully saturated rings. The van der Waals surface area contributed by atoms with Crippen LogP contribution in [0.25, 0.3) is 11.1 Å². The van der Waals surface area contributed by atoms with Crippen LogP contribution in [0.3, 0.4) is 0 Å². The molecular formula is C56H87N7O13. The van der Waals surface area contributed by atoms with E-state index < -0.39 is 102 Å². The van der Waals surface area contributed by atoms with Crippen LogP contribution < -0.4 is 0 Å². The van der Waals surface area contributed by atoms with Crippen LogP contribution in [0.2, 0.25) is 0 Å². The maximum absolute atomic E-state index is 14.5. The zero-order valence-corrected chi connectivity index (χ0v) is 46.9. The summed E-state index contributed by atoms with van der Waals surface area (Å²) < 4.78 is 40.2. The number of carbonyl (C=O) groups excluding carboxylic acids is 1. The van der Waals surface area contributed by atoms with Crippen LogP contribution in [0, 0.1) is 17.8 Å². The second-order valence-corrected chi connectivity index (χ2v) is 23.2. The molecule has 2 aromatic heterocycles. The van der Waals surface area contributed by atoms with Gasteiger partial charge in [-0.2, -0.15) is 0 Å². The van der Waals surface area contributed by atoms with Gasteiger partial charge in [-0.3, -0.25) is 9.78 Å². The number of hydrogen-bond acceptors (Lipinski definition) is 19. The molecule has 4 aliphatic rings. The second-order valence-electron chi connectivity index (χ2n) is 23.2. The number of nitrogens with zero attached hydrogens (tertiary/aromatic N) is 7. The highest BCUT2D eigenvalue weighted by Gasteiger charge is 2.53. The highest BCUT2D eigenvalue weighted by Crippen LogP contribution is 2.40. The zero-order valence-electron chi connectivity index (χ0n) is 46.9. The van der Waals surface area contributed by atoms with E-state index in [-0.39, 0.29) is 37.4 Å². The van der Waals surface area contributed by atoms with Gasteiger partial charge < -0.3 is 68.6 Å². The number of aliphatic hydroxyl groups excluding tert-OH is 3. The monoisotopic (exact) mass is 1070 g/mol. The highest BCUT2D eigenvalue weighted by molar-refractivity contribution is 6.01. The van der Waals surface area contributed by atoms with Crippen LogP contribution in [0.4, 0.5) is 0 Å². The van der Waals surface area contributed by atoms with Crippen molar-refractivity contribution in [2.45, 2.75) is 211 Å². The van der Waals surface area contributed by atoms with Gasteiger partial charge in [0, 0.05) is 76.1 Å². The number of cyclic esters (lactones) is 1. The van der Waals surface area contributed by atoms with E-state index in [1.54, 1.807) is 52.4 Å². The molecule has 3 aromatic rings. The number of oxime groups is 1. The Bertz CT molecular complexity index is 2360. The van der Waals surface area contributed by atoms with E-state index in [2.05, 4.69) is 37.5 Å². The lowest BCUT2D eigenvalue weighted by Crippen LogP contribution is -2.61. The zero-order chi connectivity index (χ0) is 55.4. The average Bonchev–Trinajstić information content (AvgIpc) is 4.06. The molecule has 0 spiro atoms. The van der Waals surface area contributed by atoms with Crippen molar-refractivity contribution < 1.29 is 63.6 Å². The maximum atomic E-state index is 14.5. The fourth-order valence-corrected chi connectivity index (χ4v) is 12.0. The molecule has 19 atom stereocenters. The number of rotatable bonds is 14. The molecule has 0 saturated carbocycles. The molecule has 20 heteroatoms. The molecule has 7 rings (SSSR count). The van der Waals surface area contributed by atoms with Crippen molar-refractivity contribution in [2.75, 3.05) is 34.3 Å². The summed E-state index contributed by atoms with van der Waals surface area (Å²) in [4.78, 5) is 28.6. The van der Waals surface area contributed by atoms with Crippen molar-refractivity contribution in [1.82, 2.24) is 29.8 Å². The van der Waals surface area contributed by atoms with Gasteiger partial charge in [-0.15, -0.1) is 5.10 Å². The van der Waals surface area contributed by atoms with E-state index in [9.17, 15) is 30.3 Å². The van der Waals surface area contributed by atoms with E-state index >= 15 is 0 Å². The number of esters is 1. The Kier molecular flexibility index (Phi) is 19.6. The minimum absolute atomic E-state index is 0.100. The molecule has 6 heterocycles. The van der Waals surface area contributed by atoms with E-state index in [1.807, 2.05) is 76.4 Å². The van der Waals surface area contributed by atoms with Crippen molar-refractivity contribution in [1.29, 1.82) is 0 Å². The highest BCUT2D eigenvalue weighted by atomic mass is 16.7. The predicted octanol–water partition coefficient (Wildman–Crippen LogP) is 4.36. The molecule has 0 aliphatic carbocycles. The first-order chi connectivity index (χ1) is 35.8. The number of pyridine rings is 1. The van der Waals surface area contributed by atoms with Crippen LogP contribution in [0.15, 0.2) is 60.1 Å². The summed E-state index contributed by atoms with van der Waals surface area (Å²) in [6.45, 7) is 19.0. The first kappa shape index (κ1) is 59.6. The Hall–Kier alpha value is -4.03. The number of aromatic nitrogens is 4. The van der Waals surface area contributed by atoms with Gasteiger partial charge in [-0.1, -0.05) is 61.5 Å². The summed E-state index contributed by atoms with van der Waals surface area (Å²) >= 11 is 0. The molecular weight excluding hydrogens is 979 g/mol. The molecule has 0 amide bonds. The summed E-state index contributed by atoms with van der Waals surface area (Å²) in [7, 11) is 5.29. The third-order valence-corrected chi connectivity index (χ3v) is 16.8. The minimum atomic E-state index is -1.84. The van der Waals surface area contributed by atoms with Crippen LogP contribution in [0.5, 0.6) is 0 Å². The van der Waals surface area contributed by atoms with Crippen LogP contribution in [0.1, 0.15) is 113 Å². The minimum Gasteiger partial charge on any atom is -0.459 e. The van der Waals surface area contributed by atoms with Gasteiger partial charge in [-0.25, -0.2) is 4.68 Å². The fraction of sp³-hybridized carbons (Fsp3) is 0.732. The number of aliphatic hydroxyl groups is 5. The van der Waals surface area contributed by atoms with Crippen molar-refractivity contribution in [3.05, 3.63) is 66.2 Å². The molecule has 0 radical (unpaired) electrons. The Morgan fingerprint density at radius 2 is 1.63 bits per heavy atom. The Labute approximate surface area is 449 Å². The van der Waals surface area contributed by atoms with Gasteiger partial charge in [-0.05, 0) is 110 Å². The topological polar surface area (TPSA) is 245 Å². The lowest BCUT2D eigenvalue weighted by molar-refractivity contribution is -0.318. The van der Waals surface area contributed by atoms with Gasteiger partial charge in [0.05, 0.1) is 59.5 Å². The van der Waals surface area contributed by atoms with E-state index in [4.69, 9.17) is 33.3 Å². The lowest BCUT2D eigenvalue weighted by Gasteiger charge is -2.49. The Balaban J connectivity index is 1.07. The predicted molar refractivity (Wildman–Crippen MR) is 283 cm³/mol. The van der Waals surface area contributed by atoms with Gasteiger partial charge in [0.2, 0.25) is 0 Å². The molecule has 3 saturated heterocycles. The van der Waals surface area contributed by atoms with Crippen molar-refractivity contribution >= 4 is 11.7 Å². The van der Waals surface area contributed by atoms with Gasteiger partial charge in [0.25, 0.3) is 0 Å². The lowest BCUT2D eigenvalue weighted by atomic mass is 9.77. The average molecular weight is 1070 g/mol. The van der Waals surface area contributed by atoms with Crippen molar-refractivity contribution in [3.63, 3.8) is 0 Å². The summed E-state index contributed by atoms with van der Waals surface area (Å²) in [6.07, 6.45) is -2.64. The molecule has 5 N–H and O–H groups in total.